The first-order chi connectivity index (χ1) is 19.2. The number of carbonyl (C=O) groups excluding carboxylic acids is 1. The second kappa shape index (κ2) is 11.8. The van der Waals surface area contributed by atoms with Crippen LogP contribution in [0.25, 0.3) is 11.3 Å². The Morgan fingerprint density at radius 2 is 1.80 bits per heavy atom. The van der Waals surface area contributed by atoms with Gasteiger partial charge in [-0.2, -0.15) is 0 Å². The largest absolute Gasteiger partial charge is 0.330 e. The number of hydrogen-bond donors (Lipinski definition) is 2. The first-order valence-electron chi connectivity index (χ1n) is 13.0. The van der Waals surface area contributed by atoms with Crippen LogP contribution in [-0.4, -0.2) is 73.6 Å². The summed E-state index contributed by atoms with van der Waals surface area (Å²) >= 11 is 1.34. The average Bonchev–Trinajstić information content (AvgIpc) is 3.42. The number of nitrogens with one attached hydrogen (secondary N) is 2. The number of piperazine rings is 1. The van der Waals surface area contributed by atoms with E-state index < -0.39 is 9.84 Å². The Balaban J connectivity index is 1.31. The second-order valence-electron chi connectivity index (χ2n) is 9.98. The summed E-state index contributed by atoms with van der Waals surface area (Å²) in [5.74, 6) is -0.335. The molecule has 1 unspecified atom stereocenters. The molecule has 2 aromatic heterocycles. The van der Waals surface area contributed by atoms with E-state index >= 15 is 0 Å². The van der Waals surface area contributed by atoms with E-state index in [2.05, 4.69) is 44.4 Å². The number of carbonyl (C=O) groups is 1. The first-order valence-corrected chi connectivity index (χ1v) is 15.8. The molecule has 0 radical (unpaired) electrons. The molecule has 0 spiro atoms. The number of amides is 1. The average molecular weight is 577 g/mol. The van der Waals surface area contributed by atoms with Crippen LogP contribution in [0.4, 0.5) is 16.5 Å². The summed E-state index contributed by atoms with van der Waals surface area (Å²) in [4.78, 5) is 26.7. The molecule has 0 aliphatic carbocycles. The fraction of sp³-hybridized carbons (Fsp3) is 0.276. The Labute approximate surface area is 238 Å². The van der Waals surface area contributed by atoms with Gasteiger partial charge in [0.25, 0.3) is 5.91 Å². The minimum absolute atomic E-state index is 0.0874. The predicted octanol–water partition coefficient (Wildman–Crippen LogP) is 4.91. The number of rotatable bonds is 8. The van der Waals surface area contributed by atoms with Crippen LogP contribution in [0.1, 0.15) is 28.9 Å². The maximum absolute atomic E-state index is 13.1. The Morgan fingerprint density at radius 3 is 2.48 bits per heavy atom. The van der Waals surface area contributed by atoms with Crippen molar-refractivity contribution in [1.29, 1.82) is 0 Å². The number of thiazole rings is 1. The van der Waals surface area contributed by atoms with Gasteiger partial charge < -0.3 is 15.5 Å². The fourth-order valence-electron chi connectivity index (χ4n) is 4.65. The van der Waals surface area contributed by atoms with Crippen molar-refractivity contribution in [1.82, 2.24) is 19.8 Å². The molecule has 40 heavy (non-hydrogen) atoms. The molecule has 11 heteroatoms. The Bertz CT molecular complexity index is 1580. The topological polar surface area (TPSA) is 108 Å². The zero-order valence-electron chi connectivity index (χ0n) is 22.7. The number of likely N-dealkylation sites (N-methyl/N-ethyl adjacent to an activating group) is 1. The molecular formula is C29H32N6O3S2. The molecule has 1 atom stereocenters. The number of pyridine rings is 1. The van der Waals surface area contributed by atoms with E-state index in [1.54, 1.807) is 18.5 Å². The highest BCUT2D eigenvalue weighted by Crippen LogP contribution is 2.31. The number of nitrogens with zero attached hydrogens (tertiary/aromatic N) is 4. The van der Waals surface area contributed by atoms with Gasteiger partial charge in [-0.1, -0.05) is 12.1 Å². The third-order valence-electron chi connectivity index (χ3n) is 7.08. The predicted molar refractivity (Wildman–Crippen MR) is 160 cm³/mol. The molecule has 9 nitrogen and oxygen atoms in total. The van der Waals surface area contributed by atoms with Crippen molar-refractivity contribution in [2.45, 2.75) is 17.9 Å². The molecule has 3 heterocycles. The third-order valence-corrected chi connectivity index (χ3v) is 8.99. The molecule has 0 saturated carbocycles. The quantitative estimate of drug-likeness (QED) is 0.305. The Morgan fingerprint density at radius 1 is 1.05 bits per heavy atom. The SMILES string of the molecule is CC(c1ccc(NC(=O)c2ccc(S(C)(=O)=O)c(Nc3nc(-c4cccnc4)cs3)c2)cc1)N1CCN(C)CC1. The van der Waals surface area contributed by atoms with Crippen molar-refractivity contribution >= 4 is 43.6 Å². The lowest BCUT2D eigenvalue weighted by molar-refractivity contribution is 0.102. The van der Waals surface area contributed by atoms with Gasteiger partial charge in [0.15, 0.2) is 15.0 Å². The maximum atomic E-state index is 13.1. The van der Waals surface area contributed by atoms with E-state index in [0.29, 0.717) is 28.1 Å². The summed E-state index contributed by atoms with van der Waals surface area (Å²) in [6.45, 7) is 6.38. The minimum Gasteiger partial charge on any atom is -0.330 e. The van der Waals surface area contributed by atoms with Gasteiger partial charge in [0.05, 0.1) is 16.3 Å². The summed E-state index contributed by atoms with van der Waals surface area (Å²) in [5.41, 5.74) is 4.06. The number of sulfone groups is 1. The fourth-order valence-corrected chi connectivity index (χ4v) is 6.21. The molecule has 1 aliphatic heterocycles. The number of anilines is 3. The van der Waals surface area contributed by atoms with Gasteiger partial charge in [-0.05, 0) is 62.0 Å². The van der Waals surface area contributed by atoms with Crippen LogP contribution in [0.15, 0.2) is 77.3 Å². The van der Waals surface area contributed by atoms with E-state index in [9.17, 15) is 13.2 Å². The molecule has 1 fully saturated rings. The van der Waals surface area contributed by atoms with Crippen molar-refractivity contribution < 1.29 is 13.2 Å². The lowest BCUT2D eigenvalue weighted by atomic mass is 10.1. The number of hydrogen-bond acceptors (Lipinski definition) is 9. The summed E-state index contributed by atoms with van der Waals surface area (Å²) < 4.78 is 25.0. The van der Waals surface area contributed by atoms with E-state index in [4.69, 9.17) is 0 Å². The van der Waals surface area contributed by atoms with Crippen molar-refractivity contribution in [3.8, 4) is 11.3 Å². The van der Waals surface area contributed by atoms with Gasteiger partial charge in [-0.25, -0.2) is 13.4 Å². The van der Waals surface area contributed by atoms with Crippen LogP contribution in [-0.2, 0) is 9.84 Å². The molecule has 208 valence electrons. The van der Waals surface area contributed by atoms with Gasteiger partial charge in [0.1, 0.15) is 0 Å². The lowest BCUT2D eigenvalue weighted by Gasteiger charge is -2.36. The Hall–Kier alpha value is -3.64. The normalized spacial score (nSPS) is 15.5. The third kappa shape index (κ3) is 6.56. The standard InChI is InChI=1S/C29H32N6O3S2/c1-20(35-15-13-34(2)14-16-35)21-6-9-24(10-7-21)31-28(36)22-8-11-27(40(3,37)38)25(17-22)32-29-33-26(19-39-29)23-5-4-12-30-18-23/h4-12,17-20H,13-16H2,1-3H3,(H,31,36)(H,32,33). The van der Waals surface area contributed by atoms with Crippen molar-refractivity contribution in [3.63, 3.8) is 0 Å². The van der Waals surface area contributed by atoms with E-state index in [-0.39, 0.29) is 10.8 Å². The van der Waals surface area contributed by atoms with Crippen LogP contribution in [0, 0.1) is 0 Å². The molecule has 1 saturated heterocycles. The van der Waals surface area contributed by atoms with Gasteiger partial charge in [0, 0.05) is 73.1 Å². The molecular weight excluding hydrogens is 544 g/mol. The van der Waals surface area contributed by atoms with Crippen molar-refractivity contribution in [2.75, 3.05) is 50.1 Å². The highest BCUT2D eigenvalue weighted by molar-refractivity contribution is 7.90. The van der Waals surface area contributed by atoms with Crippen LogP contribution >= 0.6 is 11.3 Å². The zero-order chi connectivity index (χ0) is 28.3. The molecule has 1 aliphatic rings. The summed E-state index contributed by atoms with van der Waals surface area (Å²) in [7, 11) is -1.41. The maximum Gasteiger partial charge on any atom is 0.255 e. The first kappa shape index (κ1) is 27.9. The lowest BCUT2D eigenvalue weighted by Crippen LogP contribution is -2.45. The molecule has 2 aromatic carbocycles. The van der Waals surface area contributed by atoms with Gasteiger partial charge in [0.2, 0.25) is 0 Å². The monoisotopic (exact) mass is 576 g/mol. The van der Waals surface area contributed by atoms with Gasteiger partial charge >= 0.3 is 0 Å². The van der Waals surface area contributed by atoms with Crippen LogP contribution in [0.5, 0.6) is 0 Å². The highest BCUT2D eigenvalue weighted by atomic mass is 32.2. The summed E-state index contributed by atoms with van der Waals surface area (Å²) in [6, 6.07) is 16.4. The van der Waals surface area contributed by atoms with E-state index in [0.717, 1.165) is 43.7 Å². The van der Waals surface area contributed by atoms with Crippen LogP contribution in [0.2, 0.25) is 0 Å². The number of aromatic nitrogens is 2. The molecule has 4 aromatic rings. The molecule has 0 bridgehead atoms. The second-order valence-corrected chi connectivity index (χ2v) is 12.8. The van der Waals surface area contributed by atoms with Crippen molar-refractivity contribution in [2.24, 2.45) is 0 Å². The van der Waals surface area contributed by atoms with Crippen molar-refractivity contribution in [3.05, 3.63) is 83.5 Å². The molecule has 5 rings (SSSR count). The minimum atomic E-state index is -3.56. The van der Waals surface area contributed by atoms with Gasteiger partial charge in [-0.15, -0.1) is 11.3 Å². The van der Waals surface area contributed by atoms with Gasteiger partial charge in [-0.3, -0.25) is 14.7 Å². The Kier molecular flexibility index (Phi) is 8.27. The number of benzene rings is 2. The highest BCUT2D eigenvalue weighted by Gasteiger charge is 2.21. The zero-order valence-corrected chi connectivity index (χ0v) is 24.3. The summed E-state index contributed by atoms with van der Waals surface area (Å²) in [5, 5.41) is 8.40. The van der Waals surface area contributed by atoms with Crippen LogP contribution < -0.4 is 10.6 Å². The smallest absolute Gasteiger partial charge is 0.255 e. The van der Waals surface area contributed by atoms with Crippen LogP contribution in [0.3, 0.4) is 0 Å². The molecule has 1 amide bonds. The van der Waals surface area contributed by atoms with E-state index in [1.807, 2.05) is 41.8 Å². The molecule has 2 N–H and O–H groups in total. The summed E-state index contributed by atoms with van der Waals surface area (Å²) in [6.07, 6.45) is 4.54. The van der Waals surface area contributed by atoms with E-state index in [1.165, 1.54) is 29.0 Å².